The maximum atomic E-state index is 12.9. The molecule has 0 bridgehead atoms. The Morgan fingerprint density at radius 3 is 2.79 bits per heavy atom. The molecule has 2 amide bonds. The number of hydrogen-bond donors (Lipinski definition) is 2. The molecule has 0 atom stereocenters. The zero-order valence-electron chi connectivity index (χ0n) is 15.7. The molecule has 1 fully saturated rings. The molecule has 2 aliphatic rings. The van der Waals surface area contributed by atoms with Crippen molar-refractivity contribution in [2.24, 2.45) is 0 Å². The number of rotatable bonds is 5. The van der Waals surface area contributed by atoms with Gasteiger partial charge in [0.05, 0.1) is 12.2 Å². The summed E-state index contributed by atoms with van der Waals surface area (Å²) in [5, 5.41) is 6.33. The molecule has 2 aromatic rings. The van der Waals surface area contributed by atoms with E-state index in [1.54, 1.807) is 6.07 Å². The van der Waals surface area contributed by atoms with Gasteiger partial charge in [-0.05, 0) is 31.4 Å². The molecule has 10 heteroatoms. The quantitative estimate of drug-likeness (QED) is 0.743. The second-order valence-corrected chi connectivity index (χ2v) is 11.5. The van der Waals surface area contributed by atoms with Crippen LogP contribution in [0.1, 0.15) is 48.1 Å². The molecule has 3 heterocycles. The SMILES string of the molecule is CCc1ccc(S(=O)(=O)N2CCc3nc(NC(=O)NC4CCCC4)sc3C2)s1. The predicted molar refractivity (Wildman–Crippen MR) is 112 cm³/mol. The van der Waals surface area contributed by atoms with Crippen molar-refractivity contribution in [3.8, 4) is 0 Å². The van der Waals surface area contributed by atoms with Crippen LogP contribution in [-0.2, 0) is 29.4 Å². The zero-order chi connectivity index (χ0) is 19.7. The number of hydrogen-bond acceptors (Lipinski definition) is 6. The van der Waals surface area contributed by atoms with E-state index in [0.29, 0.717) is 28.9 Å². The van der Waals surface area contributed by atoms with Crippen molar-refractivity contribution in [3.05, 3.63) is 27.6 Å². The second kappa shape index (κ2) is 8.10. The number of amides is 2. The summed E-state index contributed by atoms with van der Waals surface area (Å²) < 4.78 is 27.8. The third-order valence-electron chi connectivity index (χ3n) is 5.19. The highest BCUT2D eigenvalue weighted by molar-refractivity contribution is 7.91. The van der Waals surface area contributed by atoms with Gasteiger partial charge in [0.2, 0.25) is 0 Å². The van der Waals surface area contributed by atoms with Crippen LogP contribution in [0.2, 0.25) is 0 Å². The molecule has 1 aliphatic heterocycles. The molecule has 0 radical (unpaired) electrons. The van der Waals surface area contributed by atoms with Crippen molar-refractivity contribution in [3.63, 3.8) is 0 Å². The fraction of sp³-hybridized carbons (Fsp3) is 0.556. The summed E-state index contributed by atoms with van der Waals surface area (Å²) in [5.41, 5.74) is 0.882. The maximum absolute atomic E-state index is 12.9. The number of aromatic nitrogens is 1. The summed E-state index contributed by atoms with van der Waals surface area (Å²) in [6.45, 7) is 2.73. The normalized spacial score (nSPS) is 18.2. The molecule has 2 aromatic heterocycles. The average Bonchev–Trinajstić information content (AvgIpc) is 3.41. The molecule has 0 aromatic carbocycles. The minimum atomic E-state index is -3.49. The number of fused-ring (bicyclic) bond motifs is 1. The van der Waals surface area contributed by atoms with Crippen molar-refractivity contribution in [2.75, 3.05) is 11.9 Å². The molecule has 1 aliphatic carbocycles. The van der Waals surface area contributed by atoms with Crippen LogP contribution < -0.4 is 10.6 Å². The maximum Gasteiger partial charge on any atom is 0.321 e. The van der Waals surface area contributed by atoms with Gasteiger partial charge in [0, 0.05) is 28.8 Å². The zero-order valence-corrected chi connectivity index (χ0v) is 18.2. The first kappa shape index (κ1) is 19.8. The fourth-order valence-electron chi connectivity index (χ4n) is 3.63. The summed E-state index contributed by atoms with van der Waals surface area (Å²) in [6, 6.07) is 3.59. The van der Waals surface area contributed by atoms with Crippen molar-refractivity contribution in [1.29, 1.82) is 0 Å². The van der Waals surface area contributed by atoms with Gasteiger partial charge in [0.25, 0.3) is 10.0 Å². The monoisotopic (exact) mass is 440 g/mol. The molecular weight excluding hydrogens is 416 g/mol. The third kappa shape index (κ3) is 4.10. The molecule has 4 rings (SSSR count). The predicted octanol–water partition coefficient (Wildman–Crippen LogP) is 3.58. The Morgan fingerprint density at radius 2 is 2.07 bits per heavy atom. The number of urea groups is 1. The highest BCUT2D eigenvalue weighted by atomic mass is 32.2. The number of aryl methyl sites for hydroxylation is 1. The van der Waals surface area contributed by atoms with E-state index in [4.69, 9.17) is 0 Å². The third-order valence-corrected chi connectivity index (χ3v) is 9.73. The molecule has 152 valence electrons. The van der Waals surface area contributed by atoms with Crippen LogP contribution in [0.3, 0.4) is 0 Å². The van der Waals surface area contributed by atoms with E-state index >= 15 is 0 Å². The van der Waals surface area contributed by atoms with Crippen LogP contribution in [0.15, 0.2) is 16.3 Å². The molecule has 28 heavy (non-hydrogen) atoms. The van der Waals surface area contributed by atoms with Gasteiger partial charge in [-0.15, -0.1) is 11.3 Å². The molecule has 0 unspecified atom stereocenters. The molecule has 0 spiro atoms. The Bertz CT molecular complexity index is 961. The first-order chi connectivity index (χ1) is 13.5. The number of nitrogens with one attached hydrogen (secondary N) is 2. The average molecular weight is 441 g/mol. The van der Waals surface area contributed by atoms with E-state index in [2.05, 4.69) is 15.6 Å². The van der Waals surface area contributed by atoms with Gasteiger partial charge in [0.1, 0.15) is 4.21 Å². The first-order valence-corrected chi connectivity index (χ1v) is 12.7. The second-order valence-electron chi connectivity index (χ2n) is 7.13. The summed E-state index contributed by atoms with van der Waals surface area (Å²) in [6.07, 6.45) is 5.75. The highest BCUT2D eigenvalue weighted by Crippen LogP contribution is 2.33. The number of anilines is 1. The Morgan fingerprint density at radius 1 is 1.29 bits per heavy atom. The van der Waals surface area contributed by atoms with Crippen molar-refractivity contribution < 1.29 is 13.2 Å². The Balaban J connectivity index is 1.43. The van der Waals surface area contributed by atoms with Gasteiger partial charge in [-0.3, -0.25) is 5.32 Å². The van der Waals surface area contributed by atoms with Gasteiger partial charge in [-0.1, -0.05) is 31.1 Å². The lowest BCUT2D eigenvalue weighted by Crippen LogP contribution is -2.36. The number of carbonyl (C=O) groups excluding carboxylic acids is 1. The fourth-order valence-corrected chi connectivity index (χ4v) is 7.59. The number of nitrogens with zero attached hydrogens (tertiary/aromatic N) is 2. The highest BCUT2D eigenvalue weighted by Gasteiger charge is 2.31. The number of thiophene rings is 1. The van der Waals surface area contributed by atoms with Gasteiger partial charge >= 0.3 is 6.03 Å². The summed E-state index contributed by atoms with van der Waals surface area (Å²) in [5.74, 6) is 0. The molecule has 7 nitrogen and oxygen atoms in total. The lowest BCUT2D eigenvalue weighted by atomic mass is 10.2. The lowest BCUT2D eigenvalue weighted by molar-refractivity contribution is 0.248. The van der Waals surface area contributed by atoms with Gasteiger partial charge in [-0.25, -0.2) is 18.2 Å². The Hall–Kier alpha value is -1.49. The van der Waals surface area contributed by atoms with Crippen molar-refractivity contribution >= 4 is 43.9 Å². The standard InChI is InChI=1S/C18H24N4O3S3/c1-2-13-7-8-16(26-13)28(24,25)22-10-9-14-15(11-22)27-18(20-14)21-17(23)19-12-5-3-4-6-12/h7-8,12H,2-6,9-11H2,1H3,(H2,19,20,21,23). The van der Waals surface area contributed by atoms with E-state index in [-0.39, 0.29) is 12.1 Å². The van der Waals surface area contributed by atoms with E-state index in [9.17, 15) is 13.2 Å². The van der Waals surface area contributed by atoms with E-state index in [1.165, 1.54) is 27.0 Å². The smallest absolute Gasteiger partial charge is 0.321 e. The van der Waals surface area contributed by atoms with E-state index < -0.39 is 10.0 Å². The van der Waals surface area contributed by atoms with Crippen LogP contribution in [0, 0.1) is 0 Å². The van der Waals surface area contributed by atoms with Gasteiger partial charge in [-0.2, -0.15) is 4.31 Å². The molecule has 1 saturated carbocycles. The van der Waals surface area contributed by atoms with Gasteiger partial charge < -0.3 is 5.32 Å². The minimum absolute atomic E-state index is 0.229. The lowest BCUT2D eigenvalue weighted by Gasteiger charge is -2.24. The van der Waals surface area contributed by atoms with Crippen LogP contribution >= 0.6 is 22.7 Å². The molecule has 2 N–H and O–H groups in total. The number of sulfonamides is 1. The van der Waals surface area contributed by atoms with Gasteiger partial charge in [0.15, 0.2) is 5.13 Å². The topological polar surface area (TPSA) is 91.4 Å². The van der Waals surface area contributed by atoms with E-state index in [0.717, 1.165) is 47.6 Å². The summed E-state index contributed by atoms with van der Waals surface area (Å²) in [7, 11) is -3.49. The van der Waals surface area contributed by atoms with Crippen LogP contribution in [0.25, 0.3) is 0 Å². The number of thiazole rings is 1. The van der Waals surface area contributed by atoms with Crippen LogP contribution in [0.5, 0.6) is 0 Å². The Labute approximate surface area is 173 Å². The number of carbonyl (C=O) groups is 1. The summed E-state index contributed by atoms with van der Waals surface area (Å²) in [4.78, 5) is 18.6. The largest absolute Gasteiger partial charge is 0.335 e. The van der Waals surface area contributed by atoms with Crippen molar-refractivity contribution in [2.45, 2.75) is 62.2 Å². The molecule has 0 saturated heterocycles. The molecular formula is C18H24N4O3S3. The first-order valence-electron chi connectivity index (χ1n) is 9.60. The van der Waals surface area contributed by atoms with Crippen LogP contribution in [0.4, 0.5) is 9.93 Å². The Kier molecular flexibility index (Phi) is 5.73. The van der Waals surface area contributed by atoms with Crippen LogP contribution in [-0.4, -0.2) is 36.3 Å². The van der Waals surface area contributed by atoms with Crippen molar-refractivity contribution in [1.82, 2.24) is 14.6 Å². The summed E-state index contributed by atoms with van der Waals surface area (Å²) >= 11 is 2.70. The van der Waals surface area contributed by atoms with E-state index in [1.807, 2.05) is 13.0 Å². The minimum Gasteiger partial charge on any atom is -0.335 e.